The lowest BCUT2D eigenvalue weighted by molar-refractivity contribution is -0.190. The summed E-state index contributed by atoms with van der Waals surface area (Å²) in [6, 6.07) is 0. The summed E-state index contributed by atoms with van der Waals surface area (Å²) in [4.78, 5) is 21.7. The van der Waals surface area contributed by atoms with Gasteiger partial charge in [-0.3, -0.25) is 0 Å². The molecule has 0 aromatic rings. The van der Waals surface area contributed by atoms with Crippen molar-refractivity contribution in [3.63, 3.8) is 0 Å². The number of rotatable bonds is 8. The van der Waals surface area contributed by atoms with Gasteiger partial charge in [-0.1, -0.05) is 26.2 Å². The summed E-state index contributed by atoms with van der Waals surface area (Å²) in [7, 11) is 0. The van der Waals surface area contributed by atoms with Crippen LogP contribution in [0.1, 0.15) is 39.5 Å². The smallest absolute Gasteiger partial charge is 0.437 e. The largest absolute Gasteiger partial charge is 0.461 e. The van der Waals surface area contributed by atoms with Crippen LogP contribution in [0.5, 0.6) is 0 Å². The maximum Gasteiger partial charge on any atom is 0.437 e. The molecule has 4 nitrogen and oxygen atoms in total. The molecule has 0 saturated carbocycles. The molecular formula is C11H18F2O4. The van der Waals surface area contributed by atoms with Gasteiger partial charge in [0.25, 0.3) is 0 Å². The number of ether oxygens (including phenoxy) is 2. The molecule has 0 aliphatic heterocycles. The van der Waals surface area contributed by atoms with E-state index in [1.165, 1.54) is 6.92 Å². The molecule has 0 amide bonds. The van der Waals surface area contributed by atoms with Crippen molar-refractivity contribution in [1.29, 1.82) is 0 Å². The van der Waals surface area contributed by atoms with Crippen molar-refractivity contribution < 1.29 is 27.8 Å². The van der Waals surface area contributed by atoms with Crippen LogP contribution < -0.4 is 0 Å². The van der Waals surface area contributed by atoms with Crippen LogP contribution in [-0.2, 0) is 19.1 Å². The van der Waals surface area contributed by atoms with Gasteiger partial charge in [0.1, 0.15) is 0 Å². The number of carbonyl (C=O) groups excluding carboxylic acids is 2. The summed E-state index contributed by atoms with van der Waals surface area (Å²) in [6.07, 6.45) is 3.26. The van der Waals surface area contributed by atoms with E-state index in [0.717, 1.165) is 19.3 Å². The number of unbranched alkanes of at least 4 members (excludes halogenated alkanes) is 3. The fourth-order valence-corrected chi connectivity index (χ4v) is 1.09. The van der Waals surface area contributed by atoms with E-state index in [-0.39, 0.29) is 13.2 Å². The van der Waals surface area contributed by atoms with Crippen molar-refractivity contribution in [3.8, 4) is 0 Å². The highest BCUT2D eigenvalue weighted by Gasteiger charge is 2.50. The second-order valence-electron chi connectivity index (χ2n) is 3.49. The lowest BCUT2D eigenvalue weighted by atomic mass is 10.2. The first-order valence-electron chi connectivity index (χ1n) is 5.69. The number of hydrogen-bond donors (Lipinski definition) is 0. The van der Waals surface area contributed by atoms with Crippen LogP contribution in [0.25, 0.3) is 0 Å². The lowest BCUT2D eigenvalue weighted by Gasteiger charge is -2.13. The summed E-state index contributed by atoms with van der Waals surface area (Å²) >= 11 is 0. The Hall–Kier alpha value is -1.20. The first kappa shape index (κ1) is 15.8. The second kappa shape index (κ2) is 7.97. The van der Waals surface area contributed by atoms with Gasteiger partial charge in [0.2, 0.25) is 0 Å². The van der Waals surface area contributed by atoms with Crippen LogP contribution in [0.3, 0.4) is 0 Å². The number of esters is 2. The molecule has 100 valence electrons. The van der Waals surface area contributed by atoms with E-state index in [2.05, 4.69) is 9.47 Å². The van der Waals surface area contributed by atoms with E-state index >= 15 is 0 Å². The van der Waals surface area contributed by atoms with E-state index in [9.17, 15) is 18.4 Å². The van der Waals surface area contributed by atoms with Gasteiger partial charge in [-0.2, -0.15) is 8.78 Å². The molecule has 0 aliphatic rings. The Morgan fingerprint density at radius 1 is 1.00 bits per heavy atom. The van der Waals surface area contributed by atoms with Gasteiger partial charge in [0, 0.05) is 0 Å². The fourth-order valence-electron chi connectivity index (χ4n) is 1.09. The van der Waals surface area contributed by atoms with Gasteiger partial charge in [-0.25, -0.2) is 9.59 Å². The molecule has 0 aromatic heterocycles. The highest BCUT2D eigenvalue weighted by molar-refractivity contribution is 6.01. The third-order valence-corrected chi connectivity index (χ3v) is 2.02. The monoisotopic (exact) mass is 252 g/mol. The van der Waals surface area contributed by atoms with Crippen LogP contribution in [-0.4, -0.2) is 31.1 Å². The summed E-state index contributed by atoms with van der Waals surface area (Å²) < 4.78 is 34.5. The van der Waals surface area contributed by atoms with E-state index in [4.69, 9.17) is 0 Å². The minimum absolute atomic E-state index is 0.103. The predicted octanol–water partition coefficient (Wildman–Crippen LogP) is 2.31. The normalized spacial score (nSPS) is 11.1. The summed E-state index contributed by atoms with van der Waals surface area (Å²) in [5.74, 6) is -7.91. The van der Waals surface area contributed by atoms with Crippen molar-refractivity contribution in [1.82, 2.24) is 0 Å². The molecule has 0 aliphatic carbocycles. The zero-order valence-corrected chi connectivity index (χ0v) is 10.1. The highest BCUT2D eigenvalue weighted by atomic mass is 19.3. The molecule has 0 N–H and O–H groups in total. The van der Waals surface area contributed by atoms with Crippen LogP contribution in [0.2, 0.25) is 0 Å². The van der Waals surface area contributed by atoms with Crippen molar-refractivity contribution in [2.45, 2.75) is 45.5 Å². The molecule has 0 heterocycles. The Kier molecular flexibility index (Phi) is 7.41. The van der Waals surface area contributed by atoms with Gasteiger partial charge < -0.3 is 9.47 Å². The van der Waals surface area contributed by atoms with Gasteiger partial charge in [0.05, 0.1) is 13.2 Å². The Balaban J connectivity index is 3.99. The van der Waals surface area contributed by atoms with Crippen LogP contribution in [0.4, 0.5) is 8.78 Å². The van der Waals surface area contributed by atoms with E-state index < -0.39 is 17.9 Å². The fraction of sp³-hybridized carbons (Fsp3) is 0.818. The van der Waals surface area contributed by atoms with Crippen molar-refractivity contribution >= 4 is 11.9 Å². The maximum atomic E-state index is 13.0. The van der Waals surface area contributed by atoms with Gasteiger partial charge in [0.15, 0.2) is 0 Å². The average molecular weight is 252 g/mol. The summed E-state index contributed by atoms with van der Waals surface area (Å²) in [6.45, 7) is 3.07. The molecule has 6 heteroatoms. The highest BCUT2D eigenvalue weighted by Crippen LogP contribution is 2.18. The number of halogens is 2. The van der Waals surface area contributed by atoms with E-state index in [1.54, 1.807) is 0 Å². The number of carbonyl (C=O) groups is 2. The first-order valence-corrected chi connectivity index (χ1v) is 5.69. The summed E-state index contributed by atoms with van der Waals surface area (Å²) in [5, 5.41) is 0. The second-order valence-corrected chi connectivity index (χ2v) is 3.49. The molecule has 0 bridgehead atoms. The molecule has 0 radical (unpaired) electrons. The zero-order valence-electron chi connectivity index (χ0n) is 10.1. The third-order valence-electron chi connectivity index (χ3n) is 2.02. The summed E-state index contributed by atoms with van der Waals surface area (Å²) in [5.41, 5.74) is 0. The van der Waals surface area contributed by atoms with Gasteiger partial charge >= 0.3 is 17.9 Å². The molecule has 0 saturated heterocycles. The van der Waals surface area contributed by atoms with Gasteiger partial charge in [-0.15, -0.1) is 0 Å². The predicted molar refractivity (Wildman–Crippen MR) is 56.7 cm³/mol. The lowest BCUT2D eigenvalue weighted by Crippen LogP contribution is -2.40. The van der Waals surface area contributed by atoms with Crippen LogP contribution in [0, 0.1) is 0 Å². The van der Waals surface area contributed by atoms with Crippen LogP contribution in [0.15, 0.2) is 0 Å². The Morgan fingerprint density at radius 2 is 1.59 bits per heavy atom. The SMILES string of the molecule is CCCCCCOC(=O)C(F)(F)C(=O)OCC. The third kappa shape index (κ3) is 5.60. The van der Waals surface area contributed by atoms with Crippen molar-refractivity contribution in [3.05, 3.63) is 0 Å². The molecule has 17 heavy (non-hydrogen) atoms. The molecule has 0 aromatic carbocycles. The quantitative estimate of drug-likeness (QED) is 0.378. The molecule has 0 unspecified atom stereocenters. The Morgan fingerprint density at radius 3 is 2.12 bits per heavy atom. The first-order chi connectivity index (χ1) is 7.96. The standard InChI is InChI=1S/C11H18F2O4/c1-3-5-6-7-8-17-10(15)11(12,13)9(14)16-4-2/h3-8H2,1-2H3. The Bertz CT molecular complexity index is 254. The number of alkyl halides is 2. The zero-order chi connectivity index (χ0) is 13.3. The van der Waals surface area contributed by atoms with E-state index in [0.29, 0.717) is 6.42 Å². The maximum absolute atomic E-state index is 13.0. The van der Waals surface area contributed by atoms with Crippen LogP contribution >= 0.6 is 0 Å². The van der Waals surface area contributed by atoms with Gasteiger partial charge in [-0.05, 0) is 13.3 Å². The molecule has 0 rings (SSSR count). The molecule has 0 spiro atoms. The average Bonchev–Trinajstić information content (AvgIpc) is 2.28. The molecule has 0 fully saturated rings. The topological polar surface area (TPSA) is 52.6 Å². The van der Waals surface area contributed by atoms with E-state index in [1.807, 2.05) is 6.92 Å². The minimum Gasteiger partial charge on any atom is -0.461 e. The molecular weight excluding hydrogens is 234 g/mol. The molecule has 0 atom stereocenters. The Labute approximate surface area is 99.3 Å². The van der Waals surface area contributed by atoms with Crippen molar-refractivity contribution in [2.24, 2.45) is 0 Å². The number of hydrogen-bond acceptors (Lipinski definition) is 4. The van der Waals surface area contributed by atoms with Crippen molar-refractivity contribution in [2.75, 3.05) is 13.2 Å². The minimum atomic E-state index is -4.21.